The quantitative estimate of drug-likeness (QED) is 0.0118. The number of amides is 2. The molecule has 625 valence electrons. The second-order valence-corrected chi connectivity index (χ2v) is 24.4. The van der Waals surface area contributed by atoms with Gasteiger partial charge in [-0.1, -0.05) is 70.8 Å². The van der Waals surface area contributed by atoms with E-state index in [-0.39, 0.29) is 235 Å². The molecule has 6 aromatic heterocycles. The van der Waals surface area contributed by atoms with Crippen LogP contribution in [0.15, 0.2) is 189 Å². The number of hydrogen-bond acceptors (Lipinski definition) is 25. The van der Waals surface area contributed by atoms with Crippen LogP contribution in [0.3, 0.4) is 0 Å². The average Bonchev–Trinajstić information content (AvgIpc) is 1.56. The summed E-state index contributed by atoms with van der Waals surface area (Å²) in [4.78, 5) is 152. The SMILES string of the molecule is C.C.C.C1CCOC1.CCO.COC(=O)c1cccc2c(-c3c[nH]c4ccc([N+](=O)[O-])cc34)c[nH]c12.COC(=O)c1cccc2c(C3(O)C(=O)Nc4ccc([N+](=O)[O-])cc43)c[nH]c12.COC(=O)c1cccc2cc[nH]c12.O=C(O)c1cccc2c(-c3c[nH]c4ccc([N+](=O)[O-])cc34)c[nH]c12.O=C1Nc2ccc([N+](=O)[O-])cc2C1=O.O=CO[O-].[B].[H-].[K+].[K+].[Li+].[OH-]. The maximum Gasteiger partial charge on any atom is 1.00 e. The number of carboxylic acids is 1. The summed E-state index contributed by atoms with van der Waals surface area (Å²) in [6.45, 7) is 3.75. The molecule has 3 aliphatic rings. The molecule has 17 rings (SSSR count). The largest absolute Gasteiger partial charge is 1.00 e. The van der Waals surface area contributed by atoms with Crippen LogP contribution < -0.4 is 138 Å². The molecule has 38 nitrogen and oxygen atoms in total. The predicted molar refractivity (Wildman–Crippen MR) is 442 cm³/mol. The summed E-state index contributed by atoms with van der Waals surface area (Å²) in [7, 11) is 3.96. The zero-order chi connectivity index (χ0) is 82.9. The van der Waals surface area contributed by atoms with Crippen molar-refractivity contribution in [3.8, 4) is 22.3 Å². The summed E-state index contributed by atoms with van der Waals surface area (Å²) in [6.07, 6.45) is 12.9. The number of nitrogens with one attached hydrogen (secondary N) is 8. The minimum Gasteiger partial charge on any atom is -1.00 e. The third kappa shape index (κ3) is 23.8. The summed E-state index contributed by atoms with van der Waals surface area (Å²) in [6, 6.07) is 39.4. The number of carboxylic acid groups (broad SMARTS) is 1. The number of aromatic nitrogens is 6. The van der Waals surface area contributed by atoms with E-state index in [0.717, 1.165) is 85.7 Å². The first-order valence-corrected chi connectivity index (χ1v) is 34.0. The number of methoxy groups -OCH3 is 3. The van der Waals surface area contributed by atoms with E-state index < -0.39 is 60.8 Å². The fourth-order valence-electron chi connectivity index (χ4n) is 12.6. The number of rotatable bonds is 12. The first-order chi connectivity index (χ1) is 55.3. The number of esters is 3. The molecule has 3 aliphatic heterocycles. The summed E-state index contributed by atoms with van der Waals surface area (Å²) in [5.41, 5.74) is 7.05. The van der Waals surface area contributed by atoms with Gasteiger partial charge in [0.05, 0.1) is 96.6 Å². The van der Waals surface area contributed by atoms with Crippen LogP contribution >= 0.6 is 0 Å². The van der Waals surface area contributed by atoms with Gasteiger partial charge in [-0.3, -0.25) is 59.6 Å². The van der Waals surface area contributed by atoms with Crippen molar-refractivity contribution in [1.29, 1.82) is 0 Å². The predicted octanol–water partition coefficient (Wildman–Crippen LogP) is 4.37. The maximum absolute atomic E-state index is 12.6. The van der Waals surface area contributed by atoms with Gasteiger partial charge in [-0.15, -0.1) is 0 Å². The Labute approximate surface area is 798 Å². The van der Waals surface area contributed by atoms with Crippen LogP contribution in [0.5, 0.6) is 0 Å². The molecule has 12 N–H and O–H groups in total. The van der Waals surface area contributed by atoms with Crippen LogP contribution in [-0.4, -0.2) is 168 Å². The molecule has 3 radical (unpaired) electrons. The number of para-hydroxylation sites is 4. The van der Waals surface area contributed by atoms with Gasteiger partial charge < -0.3 is 91.9 Å². The number of carbonyl (C=O) groups is 8. The van der Waals surface area contributed by atoms with E-state index >= 15 is 0 Å². The molecule has 1 atom stereocenters. The molecule has 14 aromatic rings. The van der Waals surface area contributed by atoms with E-state index in [1.165, 1.54) is 88.9 Å². The van der Waals surface area contributed by atoms with Crippen LogP contribution in [0, 0.1) is 40.5 Å². The van der Waals surface area contributed by atoms with E-state index in [4.69, 9.17) is 29.4 Å². The van der Waals surface area contributed by atoms with Gasteiger partial charge in [0, 0.05) is 196 Å². The summed E-state index contributed by atoms with van der Waals surface area (Å²) in [5.74, 6) is -4.54. The van der Waals surface area contributed by atoms with Gasteiger partial charge >= 0.3 is 146 Å². The molecule has 2 amide bonds. The Kier molecular flexibility index (Phi) is 42.6. The number of benzene rings is 8. The zero-order valence-electron chi connectivity index (χ0n) is 65.6. The molecular formula is C81H79BK2LiN12O26. The molecular weight excluding hydrogens is 1650 g/mol. The summed E-state index contributed by atoms with van der Waals surface area (Å²) >= 11 is 0. The van der Waals surface area contributed by atoms with E-state index in [1.54, 1.807) is 92.4 Å². The fourth-order valence-corrected chi connectivity index (χ4v) is 12.6. The van der Waals surface area contributed by atoms with Gasteiger partial charge in [-0.2, -0.15) is 0 Å². The number of aromatic carboxylic acids is 1. The van der Waals surface area contributed by atoms with E-state index in [9.17, 15) is 84.2 Å². The number of nitro groups is 4. The van der Waals surface area contributed by atoms with E-state index in [1.807, 2.05) is 36.5 Å². The van der Waals surface area contributed by atoms with Crippen molar-refractivity contribution in [3.05, 3.63) is 268 Å². The number of non-ortho nitro benzene ring substituents is 4. The average molecular weight is 1730 g/mol. The van der Waals surface area contributed by atoms with Gasteiger partial charge in [0.25, 0.3) is 46.8 Å². The number of aliphatic hydroxyl groups excluding tert-OH is 1. The van der Waals surface area contributed by atoms with Crippen molar-refractivity contribution in [2.45, 2.75) is 47.6 Å². The molecule has 9 heterocycles. The Morgan fingerprint density at radius 2 is 0.886 bits per heavy atom. The second-order valence-electron chi connectivity index (χ2n) is 24.4. The minimum atomic E-state index is -2.14. The number of H-pyrrole nitrogens is 6. The third-order valence-electron chi connectivity index (χ3n) is 17.9. The first kappa shape index (κ1) is 107. The maximum atomic E-state index is 12.6. The smallest absolute Gasteiger partial charge is 1.00 e. The number of aliphatic hydroxyl groups is 2. The van der Waals surface area contributed by atoms with Crippen LogP contribution in [0.1, 0.15) is 106 Å². The molecule has 1 unspecified atom stereocenters. The minimum absolute atomic E-state index is 0. The van der Waals surface area contributed by atoms with Crippen molar-refractivity contribution < 1.29 is 231 Å². The number of fused-ring (bicyclic) bond motifs is 8. The molecule has 1 fully saturated rings. The molecule has 123 heavy (non-hydrogen) atoms. The Hall–Kier alpha value is -11.7. The number of hydrogen-bond donors (Lipinski definition) is 11. The van der Waals surface area contributed by atoms with E-state index in [0.29, 0.717) is 44.1 Å². The number of anilines is 2. The van der Waals surface area contributed by atoms with Crippen LogP contribution in [0.4, 0.5) is 34.1 Å². The summed E-state index contributed by atoms with van der Waals surface area (Å²) in [5, 5.41) is 89.5. The molecule has 42 heteroatoms. The Balaban J connectivity index is 0.000000749. The Morgan fingerprint density at radius 1 is 0.504 bits per heavy atom. The molecule has 0 spiro atoms. The second kappa shape index (κ2) is 48.8. The van der Waals surface area contributed by atoms with Gasteiger partial charge in [0.1, 0.15) is 0 Å². The van der Waals surface area contributed by atoms with Crippen molar-refractivity contribution in [1.82, 2.24) is 29.9 Å². The zero-order valence-corrected chi connectivity index (χ0v) is 70.9. The van der Waals surface area contributed by atoms with Crippen LogP contribution in [0.25, 0.3) is 87.7 Å². The van der Waals surface area contributed by atoms with Gasteiger partial charge in [0.15, 0.2) is 5.60 Å². The van der Waals surface area contributed by atoms with Crippen molar-refractivity contribution >= 4 is 156 Å². The Morgan fingerprint density at radius 3 is 1.33 bits per heavy atom. The number of ether oxygens (including phenoxy) is 4. The summed E-state index contributed by atoms with van der Waals surface area (Å²) < 4.78 is 19.2. The Bertz CT molecular complexity index is 6160. The van der Waals surface area contributed by atoms with E-state index in [2.05, 4.69) is 50.2 Å². The molecule has 0 aliphatic carbocycles. The third-order valence-corrected chi connectivity index (χ3v) is 17.9. The van der Waals surface area contributed by atoms with Crippen molar-refractivity contribution in [2.24, 2.45) is 0 Å². The number of carbonyl (C=O) groups excluding carboxylic acids is 7. The fraction of sp³-hybridized carbons (Fsp3) is 0.160. The van der Waals surface area contributed by atoms with Crippen LogP contribution in [-0.2, 0) is 43.8 Å². The number of Topliss-reactive ketones (excluding diaryl/α,β-unsaturated/α-hetero) is 1. The molecule has 0 bridgehead atoms. The van der Waals surface area contributed by atoms with Crippen molar-refractivity contribution in [3.63, 3.8) is 0 Å². The first-order valence-electron chi connectivity index (χ1n) is 34.0. The number of ketones is 1. The molecule has 0 saturated carbocycles. The number of nitro benzene ring substituents is 4. The normalized spacial score (nSPS) is 12.4. The van der Waals surface area contributed by atoms with Gasteiger partial charge in [-0.05, 0) is 74.4 Å². The van der Waals surface area contributed by atoms with Gasteiger partial charge in [-0.25, -0.2) is 19.2 Å². The number of nitrogens with zero attached hydrogens (tertiary/aromatic N) is 4. The topological polar surface area (TPSA) is 588 Å². The van der Waals surface area contributed by atoms with Crippen LogP contribution in [0.2, 0.25) is 0 Å². The monoisotopic (exact) mass is 1730 g/mol. The molecule has 1 saturated heterocycles. The molecule has 8 aromatic carbocycles. The standard InChI is InChI=1S/C18H13N3O6.C18H13N3O4.C17H11N3O4.C10H9NO2.C8H4N2O4.C4H8O.C2H6O.CH2O3.3CH4.B.2K.Li.H2O.H/c1-27-16(22)11-4-2-3-10-13(8-19-15(10)11)18(24)12-7-9(21(25)26)5-6-14(12)20-17(18)23;1-25-18(22)12-4-2-3-11-14(9-20-17(11)12)15-8-19-16-6-5-10(21(23)24)7-13(15)16;21-17(22)11-3-1-2-10-13(8-19-16(10)11)14-7-18-15-5-4-9(20(23)24)6-12(14)15;1-13-10(12)8-4-2-3-7-5-6-11-9(7)8;11-7-5-3-4(10(13)14)1-2-6(5)9-8(7)12;1-2-4-5-3-1;1-2-3;2-1-4-3;;;;;;;;;/h2-8,19,24H,1H3,(H,20,23);2-9,19-20H,1H3;1-8,18-19H,(H,21,22);2-6,11H,1H3;1-3H,(H,9,11,12);1-4H2;3H,2H2,1H3;1,3H;3*1H4;;;;;1H2;/q;;;;;;;;;;;;3*+1;;-1/p-2. The van der Waals surface area contributed by atoms with Crippen molar-refractivity contribution in [2.75, 3.05) is 51.8 Å². The van der Waals surface area contributed by atoms with Gasteiger partial charge in [0.2, 0.25) is 0 Å². The number of aromatic amines is 6.